The van der Waals surface area contributed by atoms with Gasteiger partial charge in [-0.3, -0.25) is 0 Å². The fourth-order valence-electron chi connectivity index (χ4n) is 2.56. The number of hydrogen-bond acceptors (Lipinski definition) is 4. The van der Waals surface area contributed by atoms with Gasteiger partial charge in [0, 0.05) is 13.0 Å². The third-order valence-electron chi connectivity index (χ3n) is 3.71. The van der Waals surface area contributed by atoms with Gasteiger partial charge in [0.2, 0.25) is 0 Å². The van der Waals surface area contributed by atoms with Crippen molar-refractivity contribution in [3.63, 3.8) is 0 Å². The van der Waals surface area contributed by atoms with E-state index in [2.05, 4.69) is 14.8 Å². The lowest BCUT2D eigenvalue weighted by Crippen LogP contribution is -2.14. The molecule has 2 aromatic rings. The topological polar surface area (TPSA) is 77.2 Å². The Balaban J connectivity index is 1.73. The lowest BCUT2D eigenvalue weighted by atomic mass is 10.1. The first kappa shape index (κ1) is 13.6. The highest BCUT2D eigenvalue weighted by molar-refractivity contribution is 5.88. The van der Waals surface area contributed by atoms with E-state index in [4.69, 9.17) is 9.84 Å². The molecule has 0 bridgehead atoms. The minimum Gasteiger partial charge on any atom is -0.485 e. The van der Waals surface area contributed by atoms with Gasteiger partial charge in [0.05, 0.1) is 5.56 Å². The van der Waals surface area contributed by atoms with Gasteiger partial charge in [0.25, 0.3) is 0 Å². The van der Waals surface area contributed by atoms with E-state index >= 15 is 0 Å². The zero-order valence-electron chi connectivity index (χ0n) is 11.9. The van der Waals surface area contributed by atoms with E-state index in [0.717, 1.165) is 43.0 Å². The lowest BCUT2D eigenvalue weighted by Gasteiger charge is -2.15. The van der Waals surface area contributed by atoms with Crippen LogP contribution in [0.5, 0.6) is 5.75 Å². The van der Waals surface area contributed by atoms with E-state index < -0.39 is 5.97 Å². The van der Waals surface area contributed by atoms with Gasteiger partial charge in [-0.05, 0) is 43.5 Å². The molecule has 3 rings (SSSR count). The standard InChI is InChI=1S/C15H17N3O3/c1-10-8-11(15(19)20)5-6-12(10)21-9-14-17-16-13-4-2-3-7-18(13)14/h5-6,8H,2-4,7,9H2,1H3,(H,19,20). The monoisotopic (exact) mass is 287 g/mol. The zero-order valence-corrected chi connectivity index (χ0v) is 11.9. The van der Waals surface area contributed by atoms with Gasteiger partial charge < -0.3 is 14.4 Å². The first-order valence-electron chi connectivity index (χ1n) is 7.03. The van der Waals surface area contributed by atoms with Crippen LogP contribution in [0.25, 0.3) is 0 Å². The molecule has 0 fully saturated rings. The first-order chi connectivity index (χ1) is 10.1. The summed E-state index contributed by atoms with van der Waals surface area (Å²) in [6.07, 6.45) is 3.28. The number of hydrogen-bond donors (Lipinski definition) is 1. The number of benzene rings is 1. The molecule has 1 aliphatic rings. The van der Waals surface area contributed by atoms with Crippen molar-refractivity contribution in [2.24, 2.45) is 0 Å². The summed E-state index contributed by atoms with van der Waals surface area (Å²) in [6.45, 7) is 3.12. The van der Waals surface area contributed by atoms with Gasteiger partial charge in [-0.25, -0.2) is 4.79 Å². The van der Waals surface area contributed by atoms with E-state index in [0.29, 0.717) is 12.4 Å². The molecule has 0 aliphatic carbocycles. The molecule has 0 radical (unpaired) electrons. The molecule has 0 saturated carbocycles. The Morgan fingerprint density at radius 2 is 2.24 bits per heavy atom. The van der Waals surface area contributed by atoms with Gasteiger partial charge in [0.15, 0.2) is 5.82 Å². The third-order valence-corrected chi connectivity index (χ3v) is 3.71. The van der Waals surface area contributed by atoms with Crippen molar-refractivity contribution in [2.45, 2.75) is 39.3 Å². The normalized spacial score (nSPS) is 13.8. The van der Waals surface area contributed by atoms with Crippen molar-refractivity contribution >= 4 is 5.97 Å². The van der Waals surface area contributed by atoms with Crippen LogP contribution in [0.1, 0.15) is 40.4 Å². The maximum absolute atomic E-state index is 10.9. The van der Waals surface area contributed by atoms with E-state index in [-0.39, 0.29) is 5.56 Å². The van der Waals surface area contributed by atoms with E-state index in [1.807, 2.05) is 6.92 Å². The third kappa shape index (κ3) is 2.74. The molecule has 1 aromatic heterocycles. The second-order valence-electron chi connectivity index (χ2n) is 5.22. The Morgan fingerprint density at radius 1 is 1.38 bits per heavy atom. The smallest absolute Gasteiger partial charge is 0.335 e. The van der Waals surface area contributed by atoms with Crippen LogP contribution in [0.2, 0.25) is 0 Å². The quantitative estimate of drug-likeness (QED) is 0.932. The van der Waals surface area contributed by atoms with Gasteiger partial charge in [-0.1, -0.05) is 0 Å². The summed E-state index contributed by atoms with van der Waals surface area (Å²) in [7, 11) is 0. The summed E-state index contributed by atoms with van der Waals surface area (Å²) in [5, 5.41) is 17.3. The number of fused-ring (bicyclic) bond motifs is 1. The van der Waals surface area contributed by atoms with Crippen molar-refractivity contribution < 1.29 is 14.6 Å². The number of carboxylic acids is 1. The number of ether oxygens (including phenoxy) is 1. The molecule has 0 amide bonds. The molecule has 6 heteroatoms. The fourth-order valence-corrected chi connectivity index (χ4v) is 2.56. The molecule has 1 aromatic carbocycles. The first-order valence-corrected chi connectivity index (χ1v) is 7.03. The lowest BCUT2D eigenvalue weighted by molar-refractivity contribution is 0.0696. The molecule has 110 valence electrons. The maximum Gasteiger partial charge on any atom is 0.335 e. The zero-order chi connectivity index (χ0) is 14.8. The fraction of sp³-hybridized carbons (Fsp3) is 0.400. The number of nitrogens with zero attached hydrogens (tertiary/aromatic N) is 3. The van der Waals surface area contributed by atoms with Crippen molar-refractivity contribution in [3.05, 3.63) is 41.0 Å². The molecule has 0 spiro atoms. The number of rotatable bonds is 4. The van der Waals surface area contributed by atoms with Crippen LogP contribution in [0.3, 0.4) is 0 Å². The summed E-state index contributed by atoms with van der Waals surface area (Å²) in [6, 6.07) is 4.84. The van der Waals surface area contributed by atoms with Crippen molar-refractivity contribution in [1.82, 2.24) is 14.8 Å². The summed E-state index contributed by atoms with van der Waals surface area (Å²) in [4.78, 5) is 10.9. The minimum atomic E-state index is -0.934. The number of aryl methyl sites for hydroxylation is 2. The Hall–Kier alpha value is -2.37. The Bertz CT molecular complexity index is 679. The molecular formula is C15H17N3O3. The van der Waals surface area contributed by atoms with Gasteiger partial charge in [0.1, 0.15) is 18.2 Å². The predicted molar refractivity (Wildman–Crippen MR) is 75.4 cm³/mol. The van der Waals surface area contributed by atoms with Crippen LogP contribution in [-0.4, -0.2) is 25.8 Å². The van der Waals surface area contributed by atoms with E-state index in [1.54, 1.807) is 18.2 Å². The summed E-state index contributed by atoms with van der Waals surface area (Å²) in [5.41, 5.74) is 1.06. The number of carboxylic acid groups (broad SMARTS) is 1. The van der Waals surface area contributed by atoms with Crippen LogP contribution < -0.4 is 4.74 Å². The SMILES string of the molecule is Cc1cc(C(=O)O)ccc1OCc1nnc2n1CCCC2. The molecule has 0 saturated heterocycles. The summed E-state index contributed by atoms with van der Waals surface area (Å²) in [5.74, 6) is 1.59. The van der Waals surface area contributed by atoms with Crippen LogP contribution in [0, 0.1) is 6.92 Å². The average molecular weight is 287 g/mol. The molecule has 1 N–H and O–H groups in total. The van der Waals surface area contributed by atoms with Crippen molar-refractivity contribution in [1.29, 1.82) is 0 Å². The second-order valence-corrected chi connectivity index (χ2v) is 5.22. The van der Waals surface area contributed by atoms with Crippen LogP contribution in [0.4, 0.5) is 0 Å². The van der Waals surface area contributed by atoms with Crippen LogP contribution in [0.15, 0.2) is 18.2 Å². The maximum atomic E-state index is 10.9. The molecule has 21 heavy (non-hydrogen) atoms. The minimum absolute atomic E-state index is 0.264. The molecule has 0 atom stereocenters. The van der Waals surface area contributed by atoms with Gasteiger partial charge >= 0.3 is 5.97 Å². The summed E-state index contributed by atoms with van der Waals surface area (Å²) >= 11 is 0. The van der Waals surface area contributed by atoms with Crippen LogP contribution in [-0.2, 0) is 19.6 Å². The largest absolute Gasteiger partial charge is 0.485 e. The second kappa shape index (κ2) is 5.55. The highest BCUT2D eigenvalue weighted by Gasteiger charge is 2.16. The molecule has 2 heterocycles. The number of aromatic carboxylic acids is 1. The predicted octanol–water partition coefficient (Wildman–Crippen LogP) is 2.20. The Labute approximate surface area is 122 Å². The molecule has 6 nitrogen and oxygen atoms in total. The highest BCUT2D eigenvalue weighted by atomic mass is 16.5. The van der Waals surface area contributed by atoms with Gasteiger partial charge in [-0.15, -0.1) is 10.2 Å². The van der Waals surface area contributed by atoms with E-state index in [9.17, 15) is 4.79 Å². The Kier molecular flexibility index (Phi) is 3.60. The van der Waals surface area contributed by atoms with Crippen LogP contribution >= 0.6 is 0 Å². The van der Waals surface area contributed by atoms with Crippen molar-refractivity contribution in [3.8, 4) is 5.75 Å². The molecule has 1 aliphatic heterocycles. The number of aromatic nitrogens is 3. The Morgan fingerprint density at radius 3 is 3.00 bits per heavy atom. The number of carbonyl (C=O) groups is 1. The molecule has 0 unspecified atom stereocenters. The van der Waals surface area contributed by atoms with Gasteiger partial charge in [-0.2, -0.15) is 0 Å². The average Bonchev–Trinajstić information content (AvgIpc) is 2.89. The molecular weight excluding hydrogens is 270 g/mol. The van der Waals surface area contributed by atoms with Crippen molar-refractivity contribution in [2.75, 3.05) is 0 Å². The highest BCUT2D eigenvalue weighted by Crippen LogP contribution is 2.21. The summed E-state index contributed by atoms with van der Waals surface area (Å²) < 4.78 is 7.88. The van der Waals surface area contributed by atoms with E-state index in [1.165, 1.54) is 0 Å².